The van der Waals surface area contributed by atoms with Crippen LogP contribution in [-0.2, 0) is 4.79 Å². The maximum Gasteiger partial charge on any atom is 0.312 e. The topological polar surface area (TPSA) is 98.9 Å². The minimum atomic E-state index is -1.24. The third-order valence-electron chi connectivity index (χ3n) is 4.50. The van der Waals surface area contributed by atoms with E-state index >= 15 is 0 Å². The van der Waals surface area contributed by atoms with Crippen molar-refractivity contribution in [3.63, 3.8) is 0 Å². The largest absolute Gasteiger partial charge is 0.388 e. The van der Waals surface area contributed by atoms with E-state index in [0.29, 0.717) is 13.0 Å². The van der Waals surface area contributed by atoms with Crippen molar-refractivity contribution >= 4 is 23.3 Å². The number of aliphatic hydroxyl groups is 1. The summed E-state index contributed by atoms with van der Waals surface area (Å²) in [5, 5.41) is 12.0. The number of aliphatic hydroxyl groups excluding tert-OH is 1. The molecule has 3 atom stereocenters. The second-order valence-electron chi connectivity index (χ2n) is 6.20. The van der Waals surface area contributed by atoms with Gasteiger partial charge in [-0.1, -0.05) is 0 Å². The van der Waals surface area contributed by atoms with Crippen molar-refractivity contribution in [3.05, 3.63) is 24.3 Å². The van der Waals surface area contributed by atoms with Crippen LogP contribution in [0.25, 0.3) is 0 Å². The van der Waals surface area contributed by atoms with E-state index in [-0.39, 0.29) is 19.0 Å². The number of hydrogen-bond donors (Lipinski definition) is 3. The summed E-state index contributed by atoms with van der Waals surface area (Å²) in [7, 11) is 0. The van der Waals surface area contributed by atoms with Gasteiger partial charge in [0.05, 0.1) is 6.54 Å². The predicted molar refractivity (Wildman–Crippen MR) is 87.7 cm³/mol. The number of rotatable bonds is 3. The van der Waals surface area contributed by atoms with E-state index in [1.54, 1.807) is 34.1 Å². The Balaban J connectivity index is 1.71. The molecule has 2 heterocycles. The summed E-state index contributed by atoms with van der Waals surface area (Å²) in [5.74, 6) is -0.187. The van der Waals surface area contributed by atoms with E-state index < -0.39 is 24.3 Å². The molecule has 1 aromatic carbocycles. The van der Waals surface area contributed by atoms with Gasteiger partial charge in [-0.2, -0.15) is 0 Å². The van der Waals surface area contributed by atoms with Crippen molar-refractivity contribution in [2.75, 3.05) is 29.4 Å². The molecule has 4 N–H and O–H groups in total. The maximum atomic E-state index is 13.4. The lowest BCUT2D eigenvalue weighted by molar-refractivity contribution is -0.121. The van der Waals surface area contributed by atoms with E-state index in [4.69, 9.17) is 5.73 Å². The number of carbonyl (C=O) groups excluding carboxylic acids is 2. The summed E-state index contributed by atoms with van der Waals surface area (Å²) < 4.78 is 13.4. The molecule has 0 aromatic heterocycles. The molecule has 7 nitrogen and oxygen atoms in total. The average Bonchev–Trinajstić information content (AvgIpc) is 2.89. The number of anilines is 2. The monoisotopic (exact) mass is 336 g/mol. The van der Waals surface area contributed by atoms with Crippen LogP contribution in [0.4, 0.5) is 20.6 Å². The van der Waals surface area contributed by atoms with Gasteiger partial charge in [0.25, 0.3) is 0 Å². The minimum Gasteiger partial charge on any atom is -0.388 e. The van der Waals surface area contributed by atoms with Crippen molar-refractivity contribution in [1.82, 2.24) is 5.32 Å². The Morgan fingerprint density at radius 1 is 1.25 bits per heavy atom. The molecule has 0 bridgehead atoms. The highest BCUT2D eigenvalue weighted by atomic mass is 19.1. The minimum absolute atomic E-state index is 0.160. The molecule has 2 fully saturated rings. The van der Waals surface area contributed by atoms with Gasteiger partial charge in [-0.3, -0.25) is 4.79 Å². The molecule has 130 valence electrons. The Morgan fingerprint density at radius 3 is 2.50 bits per heavy atom. The van der Waals surface area contributed by atoms with Crippen LogP contribution in [0.1, 0.15) is 12.8 Å². The highest BCUT2D eigenvalue weighted by Gasteiger charge is 2.32. The van der Waals surface area contributed by atoms with E-state index in [9.17, 15) is 19.1 Å². The second kappa shape index (κ2) is 6.64. The summed E-state index contributed by atoms with van der Waals surface area (Å²) in [6, 6.07) is 5.88. The number of amides is 3. The lowest BCUT2D eigenvalue weighted by Crippen LogP contribution is -2.53. The molecular weight excluding hydrogens is 315 g/mol. The molecule has 2 unspecified atom stereocenters. The number of hydrogen-bond acceptors (Lipinski definition) is 4. The first-order valence-electron chi connectivity index (χ1n) is 8.00. The van der Waals surface area contributed by atoms with Crippen LogP contribution in [0, 0.1) is 0 Å². The van der Waals surface area contributed by atoms with Crippen molar-refractivity contribution in [3.8, 4) is 0 Å². The SMILES string of the molecule is NC(=O)N[C@@H]1CCCN(c2ccc(N3CC(O)C(F)C3)cc2)C1=O. The van der Waals surface area contributed by atoms with Crippen LogP contribution in [0.2, 0.25) is 0 Å². The Labute approximate surface area is 139 Å². The first kappa shape index (κ1) is 16.5. The van der Waals surface area contributed by atoms with Crippen LogP contribution in [0.15, 0.2) is 24.3 Å². The number of piperidine rings is 1. The number of nitrogens with zero attached hydrogens (tertiary/aromatic N) is 2. The highest BCUT2D eigenvalue weighted by molar-refractivity contribution is 5.99. The fraction of sp³-hybridized carbons (Fsp3) is 0.500. The molecule has 3 amide bonds. The number of benzene rings is 1. The normalized spacial score (nSPS) is 27.4. The number of halogens is 1. The first-order chi connectivity index (χ1) is 11.5. The third kappa shape index (κ3) is 3.28. The standard InChI is InChI=1S/C16H21FN4O3/c17-12-8-20(9-14(12)22)10-3-5-11(6-4-10)21-7-1-2-13(15(21)23)19-16(18)24/h3-6,12-14,22H,1-2,7-9H2,(H3,18,19,24)/t12?,13-,14?/m1/s1. The molecule has 1 aromatic rings. The number of alkyl halides is 1. The fourth-order valence-electron chi connectivity index (χ4n) is 3.24. The van der Waals surface area contributed by atoms with Crippen molar-refractivity contribution in [2.24, 2.45) is 5.73 Å². The van der Waals surface area contributed by atoms with E-state index in [2.05, 4.69) is 5.32 Å². The Morgan fingerprint density at radius 2 is 1.92 bits per heavy atom. The average molecular weight is 336 g/mol. The van der Waals surface area contributed by atoms with Crippen molar-refractivity contribution in [2.45, 2.75) is 31.2 Å². The van der Waals surface area contributed by atoms with Gasteiger partial charge < -0.3 is 26.0 Å². The summed E-state index contributed by atoms with van der Waals surface area (Å²) in [6.07, 6.45) is -0.872. The van der Waals surface area contributed by atoms with Gasteiger partial charge >= 0.3 is 6.03 Å². The van der Waals surface area contributed by atoms with Crippen LogP contribution >= 0.6 is 0 Å². The quantitative estimate of drug-likeness (QED) is 0.743. The van der Waals surface area contributed by atoms with Gasteiger partial charge in [-0.25, -0.2) is 9.18 Å². The van der Waals surface area contributed by atoms with Gasteiger partial charge in [-0.15, -0.1) is 0 Å². The highest BCUT2D eigenvalue weighted by Crippen LogP contribution is 2.27. The van der Waals surface area contributed by atoms with Gasteiger partial charge in [0.2, 0.25) is 5.91 Å². The summed E-state index contributed by atoms with van der Waals surface area (Å²) >= 11 is 0. The predicted octanol–water partition coefficient (Wildman–Crippen LogP) is 0.369. The zero-order valence-electron chi connectivity index (χ0n) is 13.2. The molecule has 0 aliphatic carbocycles. The second-order valence-corrected chi connectivity index (χ2v) is 6.20. The van der Waals surface area contributed by atoms with Crippen LogP contribution in [-0.4, -0.2) is 55.0 Å². The van der Waals surface area contributed by atoms with Gasteiger partial charge in [0.1, 0.15) is 18.3 Å². The van der Waals surface area contributed by atoms with Crippen LogP contribution in [0.3, 0.4) is 0 Å². The number of nitrogens with one attached hydrogen (secondary N) is 1. The third-order valence-corrected chi connectivity index (χ3v) is 4.50. The molecule has 2 saturated heterocycles. The zero-order chi connectivity index (χ0) is 17.3. The van der Waals surface area contributed by atoms with Gasteiger partial charge in [0.15, 0.2) is 0 Å². The van der Waals surface area contributed by atoms with Gasteiger partial charge in [-0.05, 0) is 37.1 Å². The van der Waals surface area contributed by atoms with E-state index in [0.717, 1.165) is 17.8 Å². The summed E-state index contributed by atoms with van der Waals surface area (Å²) in [6.45, 7) is 0.992. The number of primary amides is 1. The molecule has 0 spiro atoms. The first-order valence-corrected chi connectivity index (χ1v) is 8.00. The Kier molecular flexibility index (Phi) is 4.57. The van der Waals surface area contributed by atoms with E-state index in [1.807, 2.05) is 0 Å². The lowest BCUT2D eigenvalue weighted by atomic mass is 10.0. The molecular formula is C16H21FN4O3. The van der Waals surface area contributed by atoms with Crippen LogP contribution < -0.4 is 20.9 Å². The Bertz CT molecular complexity index is 614. The Hall–Kier alpha value is -2.35. The molecule has 2 aliphatic rings. The fourth-order valence-corrected chi connectivity index (χ4v) is 3.24. The number of nitrogens with two attached hydrogens (primary N) is 1. The van der Waals surface area contributed by atoms with Gasteiger partial charge in [0, 0.05) is 24.5 Å². The smallest absolute Gasteiger partial charge is 0.312 e. The lowest BCUT2D eigenvalue weighted by Gasteiger charge is -2.32. The zero-order valence-corrected chi connectivity index (χ0v) is 13.2. The maximum absolute atomic E-state index is 13.4. The molecule has 0 saturated carbocycles. The molecule has 0 radical (unpaired) electrons. The van der Waals surface area contributed by atoms with E-state index in [1.165, 1.54) is 0 Å². The summed E-state index contributed by atoms with van der Waals surface area (Å²) in [4.78, 5) is 26.8. The number of urea groups is 1. The van der Waals surface area contributed by atoms with Crippen LogP contribution in [0.5, 0.6) is 0 Å². The van der Waals surface area contributed by atoms with Crippen molar-refractivity contribution < 1.29 is 19.1 Å². The molecule has 8 heteroatoms. The molecule has 2 aliphatic heterocycles. The number of carbonyl (C=O) groups is 2. The molecule has 3 rings (SSSR count). The number of β-amino-alcohol motifs (C(OH)–C–C–N with tert-alkyl or cyclic N) is 1. The molecule has 24 heavy (non-hydrogen) atoms. The summed E-state index contributed by atoms with van der Waals surface area (Å²) in [5.41, 5.74) is 6.62. The van der Waals surface area contributed by atoms with Crippen molar-refractivity contribution in [1.29, 1.82) is 0 Å².